The number of pyridine rings is 1. The van der Waals surface area contributed by atoms with Crippen LogP contribution in [0.5, 0.6) is 0 Å². The zero-order valence-corrected chi connectivity index (χ0v) is 14.1. The van der Waals surface area contributed by atoms with E-state index in [1.165, 1.54) is 12.3 Å². The molecule has 2 amide bonds. The molecule has 122 valence electrons. The predicted molar refractivity (Wildman–Crippen MR) is 88.3 cm³/mol. The Hall–Kier alpha value is -1.63. The first-order valence-corrected chi connectivity index (χ1v) is 8.16. The van der Waals surface area contributed by atoms with Crippen molar-refractivity contribution in [3.63, 3.8) is 0 Å². The molecule has 8 heteroatoms. The quantitative estimate of drug-likeness (QED) is 0.610. The van der Waals surface area contributed by atoms with Crippen molar-refractivity contribution in [3.05, 3.63) is 34.2 Å². The Morgan fingerprint density at radius 1 is 1.13 bits per heavy atom. The van der Waals surface area contributed by atoms with Crippen molar-refractivity contribution < 1.29 is 9.59 Å². The van der Waals surface area contributed by atoms with Gasteiger partial charge in [0.1, 0.15) is 15.9 Å². The molecule has 3 rings (SSSR count). The molecule has 1 saturated heterocycles. The lowest BCUT2D eigenvalue weighted by Crippen LogP contribution is -2.47. The minimum absolute atomic E-state index is 0.0344. The van der Waals surface area contributed by atoms with Gasteiger partial charge >= 0.3 is 0 Å². The molecule has 2 aliphatic rings. The number of halogens is 2. The van der Waals surface area contributed by atoms with Gasteiger partial charge in [-0.25, -0.2) is 9.88 Å². The number of rotatable bonds is 3. The SMILES string of the molecule is CCN1CCN(C2=C(Cl)C(=O)N(c3ccnc(Cl)c3)C2=O)CC1. The lowest BCUT2D eigenvalue weighted by Gasteiger charge is -2.35. The molecule has 2 aliphatic heterocycles. The second kappa shape index (κ2) is 6.47. The number of imide groups is 1. The van der Waals surface area contributed by atoms with E-state index in [4.69, 9.17) is 23.2 Å². The van der Waals surface area contributed by atoms with Crippen LogP contribution < -0.4 is 4.90 Å². The highest BCUT2D eigenvalue weighted by Gasteiger charge is 2.41. The van der Waals surface area contributed by atoms with Crippen LogP contribution in [0.4, 0.5) is 5.69 Å². The molecule has 0 atom stereocenters. The molecule has 1 aromatic heterocycles. The van der Waals surface area contributed by atoms with Crippen LogP contribution in [0.15, 0.2) is 29.1 Å². The van der Waals surface area contributed by atoms with E-state index in [0.29, 0.717) is 18.8 Å². The monoisotopic (exact) mass is 354 g/mol. The summed E-state index contributed by atoms with van der Waals surface area (Å²) in [6.07, 6.45) is 1.45. The maximum absolute atomic E-state index is 12.7. The maximum atomic E-state index is 12.7. The molecule has 6 nitrogen and oxygen atoms in total. The summed E-state index contributed by atoms with van der Waals surface area (Å²) in [4.78, 5) is 34.2. The minimum atomic E-state index is -0.521. The summed E-state index contributed by atoms with van der Waals surface area (Å²) >= 11 is 12.0. The van der Waals surface area contributed by atoms with Crippen LogP contribution in [0.1, 0.15) is 6.92 Å². The number of likely N-dealkylation sites (N-methyl/N-ethyl adjacent to an activating group) is 1. The summed E-state index contributed by atoms with van der Waals surface area (Å²) in [5.74, 6) is -0.931. The fourth-order valence-corrected chi connectivity index (χ4v) is 3.27. The van der Waals surface area contributed by atoms with Crippen molar-refractivity contribution in [2.24, 2.45) is 0 Å². The Bertz CT molecular complexity index is 684. The fourth-order valence-electron chi connectivity index (χ4n) is 2.82. The van der Waals surface area contributed by atoms with E-state index in [-0.39, 0.29) is 15.9 Å². The number of carbonyl (C=O) groups is 2. The van der Waals surface area contributed by atoms with Crippen LogP contribution in [0.2, 0.25) is 5.15 Å². The molecular formula is C15H16Cl2N4O2. The highest BCUT2D eigenvalue weighted by molar-refractivity contribution is 6.52. The Kier molecular flexibility index (Phi) is 4.57. The molecule has 0 radical (unpaired) electrons. The summed E-state index contributed by atoms with van der Waals surface area (Å²) in [5.41, 5.74) is 0.653. The number of nitrogens with zero attached hydrogens (tertiary/aromatic N) is 4. The summed E-state index contributed by atoms with van der Waals surface area (Å²) in [7, 11) is 0. The third-order valence-corrected chi connectivity index (χ3v) is 4.66. The molecule has 0 bridgehead atoms. The van der Waals surface area contributed by atoms with E-state index < -0.39 is 11.8 Å². The second-order valence-corrected chi connectivity index (χ2v) is 6.13. The van der Waals surface area contributed by atoms with E-state index in [1.54, 1.807) is 6.07 Å². The molecule has 0 saturated carbocycles. The van der Waals surface area contributed by atoms with Gasteiger partial charge in [-0.2, -0.15) is 0 Å². The summed E-state index contributed by atoms with van der Waals surface area (Å²) < 4.78 is 0. The number of anilines is 1. The first kappa shape index (κ1) is 16.2. The molecule has 23 heavy (non-hydrogen) atoms. The molecule has 1 fully saturated rings. The first-order chi connectivity index (χ1) is 11.0. The van der Waals surface area contributed by atoms with E-state index in [1.807, 2.05) is 4.90 Å². The number of hydrogen-bond donors (Lipinski definition) is 0. The van der Waals surface area contributed by atoms with Crippen LogP contribution in [0.3, 0.4) is 0 Å². The smallest absolute Gasteiger partial charge is 0.283 e. The van der Waals surface area contributed by atoms with Gasteiger partial charge in [-0.3, -0.25) is 9.59 Å². The minimum Gasteiger partial charge on any atom is -0.363 e. The molecule has 0 aromatic carbocycles. The highest BCUT2D eigenvalue weighted by atomic mass is 35.5. The zero-order valence-electron chi connectivity index (χ0n) is 12.6. The molecule has 1 aromatic rings. The van der Waals surface area contributed by atoms with E-state index in [2.05, 4.69) is 16.8 Å². The van der Waals surface area contributed by atoms with Gasteiger partial charge in [-0.1, -0.05) is 30.1 Å². The van der Waals surface area contributed by atoms with Gasteiger partial charge in [0.2, 0.25) is 0 Å². The zero-order chi connectivity index (χ0) is 16.6. The largest absolute Gasteiger partial charge is 0.363 e. The van der Waals surface area contributed by atoms with Crippen molar-refractivity contribution in [1.29, 1.82) is 0 Å². The summed E-state index contributed by atoms with van der Waals surface area (Å²) in [6, 6.07) is 3.03. The number of amides is 2. The van der Waals surface area contributed by atoms with Gasteiger partial charge in [0.05, 0.1) is 5.69 Å². The van der Waals surface area contributed by atoms with Crippen LogP contribution >= 0.6 is 23.2 Å². The molecule has 3 heterocycles. The van der Waals surface area contributed by atoms with Gasteiger partial charge < -0.3 is 9.80 Å². The van der Waals surface area contributed by atoms with Gasteiger partial charge in [0.25, 0.3) is 11.8 Å². The van der Waals surface area contributed by atoms with Crippen LogP contribution in [0, 0.1) is 0 Å². The van der Waals surface area contributed by atoms with Crippen molar-refractivity contribution in [2.75, 3.05) is 37.6 Å². The average Bonchev–Trinajstić information content (AvgIpc) is 2.77. The van der Waals surface area contributed by atoms with E-state index in [0.717, 1.165) is 24.5 Å². The Labute approximate surface area is 144 Å². The molecule has 0 aliphatic carbocycles. The van der Waals surface area contributed by atoms with Crippen LogP contribution in [-0.4, -0.2) is 59.3 Å². The third-order valence-electron chi connectivity index (χ3n) is 4.11. The third kappa shape index (κ3) is 2.94. The molecule has 0 unspecified atom stereocenters. The number of aromatic nitrogens is 1. The maximum Gasteiger partial charge on any atom is 0.283 e. The highest BCUT2D eigenvalue weighted by Crippen LogP contribution is 2.32. The molecular weight excluding hydrogens is 339 g/mol. The number of carbonyl (C=O) groups excluding carboxylic acids is 2. The van der Waals surface area contributed by atoms with E-state index >= 15 is 0 Å². The fraction of sp³-hybridized carbons (Fsp3) is 0.400. The predicted octanol–water partition coefficient (Wildman–Crippen LogP) is 1.70. The van der Waals surface area contributed by atoms with Gasteiger partial charge in [0, 0.05) is 32.4 Å². The van der Waals surface area contributed by atoms with Gasteiger partial charge in [-0.15, -0.1) is 0 Å². The van der Waals surface area contributed by atoms with Crippen LogP contribution in [-0.2, 0) is 9.59 Å². The lowest BCUT2D eigenvalue weighted by atomic mass is 10.2. The second-order valence-electron chi connectivity index (χ2n) is 5.37. The Morgan fingerprint density at radius 3 is 2.43 bits per heavy atom. The summed E-state index contributed by atoms with van der Waals surface area (Å²) in [6.45, 7) is 6.09. The van der Waals surface area contributed by atoms with Crippen molar-refractivity contribution in [3.8, 4) is 0 Å². The molecule has 0 spiro atoms. The van der Waals surface area contributed by atoms with Crippen LogP contribution in [0.25, 0.3) is 0 Å². The summed E-state index contributed by atoms with van der Waals surface area (Å²) in [5, 5.41) is 0.178. The first-order valence-electron chi connectivity index (χ1n) is 7.40. The topological polar surface area (TPSA) is 56.8 Å². The van der Waals surface area contributed by atoms with Crippen molar-refractivity contribution >= 4 is 40.7 Å². The molecule has 0 N–H and O–H groups in total. The Morgan fingerprint density at radius 2 is 1.83 bits per heavy atom. The number of piperazine rings is 1. The standard InChI is InChI=1S/C15H16Cl2N4O2/c1-2-19-5-7-20(8-6-19)13-12(17)14(22)21(15(13)23)10-3-4-18-11(16)9-10/h3-4,9H,2,5-8H2,1H3. The van der Waals surface area contributed by atoms with E-state index in [9.17, 15) is 9.59 Å². The number of hydrogen-bond acceptors (Lipinski definition) is 5. The van der Waals surface area contributed by atoms with Crippen molar-refractivity contribution in [2.45, 2.75) is 6.92 Å². The van der Waals surface area contributed by atoms with Crippen molar-refractivity contribution in [1.82, 2.24) is 14.8 Å². The Balaban J connectivity index is 1.85. The lowest BCUT2D eigenvalue weighted by molar-refractivity contribution is -0.121. The van der Waals surface area contributed by atoms with Gasteiger partial charge in [-0.05, 0) is 18.7 Å². The average molecular weight is 355 g/mol. The van der Waals surface area contributed by atoms with Gasteiger partial charge in [0.15, 0.2) is 0 Å². The normalized spacial score (nSPS) is 20.0.